The summed E-state index contributed by atoms with van der Waals surface area (Å²) in [6.45, 7) is 2.27. The van der Waals surface area contributed by atoms with Gasteiger partial charge in [0.15, 0.2) is 0 Å². The van der Waals surface area contributed by atoms with Crippen LogP contribution in [0.5, 0.6) is 0 Å². The first-order chi connectivity index (χ1) is 10.6. The molecule has 1 unspecified atom stereocenters. The first-order valence-electron chi connectivity index (χ1n) is 7.15. The van der Waals surface area contributed by atoms with Crippen molar-refractivity contribution < 1.29 is 9.90 Å². The molecule has 22 heavy (non-hydrogen) atoms. The fourth-order valence-electron chi connectivity index (χ4n) is 2.09. The van der Waals surface area contributed by atoms with Gasteiger partial charge in [-0.05, 0) is 43.2 Å². The number of aliphatic hydroxyl groups is 1. The maximum atomic E-state index is 12.1. The Hall–Kier alpha value is -1.91. The average Bonchev–Trinajstić information content (AvgIpc) is 2.54. The van der Waals surface area contributed by atoms with Crippen molar-refractivity contribution in [2.45, 2.75) is 13.3 Å². The Kier molecular flexibility index (Phi) is 5.92. The van der Waals surface area contributed by atoms with E-state index < -0.39 is 0 Å². The molecule has 0 saturated heterocycles. The van der Waals surface area contributed by atoms with Crippen LogP contribution in [0.4, 0.5) is 0 Å². The summed E-state index contributed by atoms with van der Waals surface area (Å²) in [5.74, 6) is -0.263. The van der Waals surface area contributed by atoms with Crippen molar-refractivity contribution >= 4 is 17.5 Å². The number of amides is 1. The maximum Gasteiger partial charge on any atom is 0.251 e. The first-order valence-corrected chi connectivity index (χ1v) is 7.53. The van der Waals surface area contributed by atoms with Crippen molar-refractivity contribution in [3.63, 3.8) is 0 Å². The predicted octanol–water partition coefficient (Wildman–Crippen LogP) is 2.62. The molecular formula is C17H19ClN2O2. The molecule has 1 atom stereocenters. The quantitative estimate of drug-likeness (QED) is 0.860. The van der Waals surface area contributed by atoms with Crippen LogP contribution in [0.25, 0.3) is 0 Å². The fraction of sp³-hybridized carbons (Fsp3) is 0.294. The number of nitrogens with zero attached hydrogens (tertiary/aromatic N) is 1. The number of benzene rings is 1. The van der Waals surface area contributed by atoms with E-state index in [0.29, 0.717) is 23.6 Å². The Morgan fingerprint density at radius 3 is 2.82 bits per heavy atom. The molecule has 5 heteroatoms. The molecule has 0 aliphatic rings. The van der Waals surface area contributed by atoms with Gasteiger partial charge in [-0.2, -0.15) is 0 Å². The van der Waals surface area contributed by atoms with Crippen LogP contribution in [0.15, 0.2) is 42.6 Å². The van der Waals surface area contributed by atoms with Gasteiger partial charge in [-0.15, -0.1) is 0 Å². The second-order valence-electron chi connectivity index (χ2n) is 5.25. The van der Waals surface area contributed by atoms with Crippen molar-refractivity contribution in [1.29, 1.82) is 0 Å². The number of hydrogen-bond acceptors (Lipinski definition) is 3. The van der Waals surface area contributed by atoms with Gasteiger partial charge in [0, 0.05) is 41.5 Å². The van der Waals surface area contributed by atoms with Crippen LogP contribution in [0.1, 0.15) is 21.6 Å². The summed E-state index contributed by atoms with van der Waals surface area (Å²) in [5, 5.41) is 12.9. The van der Waals surface area contributed by atoms with E-state index in [1.807, 2.05) is 31.2 Å². The van der Waals surface area contributed by atoms with Gasteiger partial charge in [0.25, 0.3) is 5.91 Å². The lowest BCUT2D eigenvalue weighted by molar-refractivity contribution is 0.0940. The number of hydrogen-bond donors (Lipinski definition) is 2. The number of halogens is 1. The van der Waals surface area contributed by atoms with E-state index in [2.05, 4.69) is 10.3 Å². The van der Waals surface area contributed by atoms with Gasteiger partial charge >= 0.3 is 0 Å². The highest BCUT2D eigenvalue weighted by Crippen LogP contribution is 2.16. The molecule has 2 rings (SSSR count). The summed E-state index contributed by atoms with van der Waals surface area (Å²) in [5.41, 5.74) is 2.35. The summed E-state index contributed by atoms with van der Waals surface area (Å²) >= 11 is 6.03. The number of aliphatic hydroxyl groups excluding tert-OH is 1. The van der Waals surface area contributed by atoms with Crippen LogP contribution < -0.4 is 5.32 Å². The zero-order valence-electron chi connectivity index (χ0n) is 12.4. The van der Waals surface area contributed by atoms with Gasteiger partial charge < -0.3 is 10.4 Å². The lowest BCUT2D eigenvalue weighted by atomic mass is 10.0. The Morgan fingerprint density at radius 2 is 2.18 bits per heavy atom. The SMILES string of the molecule is Cc1ccc(C(=O)NCC(CO)Cc2ccccn2)cc1Cl. The largest absolute Gasteiger partial charge is 0.396 e. The third-order valence-corrected chi connectivity index (χ3v) is 3.87. The molecule has 0 bridgehead atoms. The predicted molar refractivity (Wildman–Crippen MR) is 87.0 cm³/mol. The van der Waals surface area contributed by atoms with Gasteiger partial charge in [-0.1, -0.05) is 23.7 Å². The summed E-state index contributed by atoms with van der Waals surface area (Å²) in [6, 6.07) is 10.9. The molecule has 4 nitrogen and oxygen atoms in total. The van der Waals surface area contributed by atoms with Crippen LogP contribution in [-0.2, 0) is 6.42 Å². The number of pyridine rings is 1. The number of carbonyl (C=O) groups is 1. The van der Waals surface area contributed by atoms with E-state index in [4.69, 9.17) is 11.6 Å². The lowest BCUT2D eigenvalue weighted by Crippen LogP contribution is -2.32. The minimum atomic E-state index is -0.193. The molecule has 1 heterocycles. The van der Waals surface area contributed by atoms with Crippen molar-refractivity contribution in [2.24, 2.45) is 5.92 Å². The topological polar surface area (TPSA) is 62.2 Å². The smallest absolute Gasteiger partial charge is 0.251 e. The number of aromatic nitrogens is 1. The van der Waals surface area contributed by atoms with E-state index in [-0.39, 0.29) is 18.4 Å². The van der Waals surface area contributed by atoms with Crippen LogP contribution in [-0.4, -0.2) is 29.1 Å². The van der Waals surface area contributed by atoms with Gasteiger partial charge in [0.2, 0.25) is 0 Å². The zero-order chi connectivity index (χ0) is 15.9. The average molecular weight is 319 g/mol. The molecule has 0 spiro atoms. The Morgan fingerprint density at radius 1 is 1.36 bits per heavy atom. The highest BCUT2D eigenvalue weighted by Gasteiger charge is 2.13. The van der Waals surface area contributed by atoms with Crippen molar-refractivity contribution in [3.8, 4) is 0 Å². The monoisotopic (exact) mass is 318 g/mol. The number of rotatable bonds is 6. The molecule has 1 amide bonds. The molecule has 1 aromatic carbocycles. The van der Waals surface area contributed by atoms with Crippen LogP contribution in [0, 0.1) is 12.8 Å². The molecule has 0 radical (unpaired) electrons. The van der Waals surface area contributed by atoms with E-state index in [9.17, 15) is 9.90 Å². The van der Waals surface area contributed by atoms with Crippen LogP contribution in [0.3, 0.4) is 0 Å². The number of aryl methyl sites for hydroxylation is 1. The van der Waals surface area contributed by atoms with E-state index >= 15 is 0 Å². The molecule has 2 N–H and O–H groups in total. The van der Waals surface area contributed by atoms with Crippen LogP contribution >= 0.6 is 11.6 Å². The number of nitrogens with one attached hydrogen (secondary N) is 1. The molecule has 1 aromatic heterocycles. The van der Waals surface area contributed by atoms with E-state index in [1.54, 1.807) is 18.3 Å². The summed E-state index contributed by atoms with van der Waals surface area (Å²) in [7, 11) is 0. The Labute approximate surface area is 135 Å². The first kappa shape index (κ1) is 16.5. The Bertz CT molecular complexity index is 632. The van der Waals surface area contributed by atoms with E-state index in [1.165, 1.54) is 0 Å². The maximum absolute atomic E-state index is 12.1. The van der Waals surface area contributed by atoms with Gasteiger partial charge in [0.05, 0.1) is 0 Å². The summed E-state index contributed by atoms with van der Waals surface area (Å²) < 4.78 is 0. The molecule has 0 aliphatic carbocycles. The normalized spacial score (nSPS) is 12.0. The minimum absolute atomic E-state index is 0.00842. The minimum Gasteiger partial charge on any atom is -0.396 e. The zero-order valence-corrected chi connectivity index (χ0v) is 13.2. The van der Waals surface area contributed by atoms with Gasteiger partial charge in [-0.25, -0.2) is 0 Å². The molecule has 0 fully saturated rings. The summed E-state index contributed by atoms with van der Waals surface area (Å²) in [4.78, 5) is 16.3. The third kappa shape index (κ3) is 4.55. The third-order valence-electron chi connectivity index (χ3n) is 3.47. The summed E-state index contributed by atoms with van der Waals surface area (Å²) in [6.07, 6.45) is 2.34. The highest BCUT2D eigenvalue weighted by atomic mass is 35.5. The Balaban J connectivity index is 1.92. The van der Waals surface area contributed by atoms with Gasteiger partial charge in [0.1, 0.15) is 0 Å². The number of carbonyl (C=O) groups excluding carboxylic acids is 1. The second-order valence-corrected chi connectivity index (χ2v) is 5.65. The molecular weight excluding hydrogens is 300 g/mol. The standard InChI is InChI=1S/C17H19ClN2O2/c1-12-5-6-14(9-16(12)18)17(22)20-10-13(11-21)8-15-4-2-3-7-19-15/h2-7,9,13,21H,8,10-11H2,1H3,(H,20,22). The fourth-order valence-corrected chi connectivity index (χ4v) is 2.27. The van der Waals surface area contributed by atoms with E-state index in [0.717, 1.165) is 11.3 Å². The molecule has 0 aliphatic heterocycles. The van der Waals surface area contributed by atoms with Crippen molar-refractivity contribution in [2.75, 3.05) is 13.2 Å². The molecule has 116 valence electrons. The lowest BCUT2D eigenvalue weighted by Gasteiger charge is -2.15. The van der Waals surface area contributed by atoms with Crippen molar-refractivity contribution in [1.82, 2.24) is 10.3 Å². The van der Waals surface area contributed by atoms with Crippen LogP contribution in [0.2, 0.25) is 5.02 Å². The van der Waals surface area contributed by atoms with Crippen molar-refractivity contribution in [3.05, 3.63) is 64.4 Å². The second kappa shape index (κ2) is 7.92. The van der Waals surface area contributed by atoms with Gasteiger partial charge in [-0.3, -0.25) is 9.78 Å². The highest BCUT2D eigenvalue weighted by molar-refractivity contribution is 6.31. The molecule has 2 aromatic rings. The molecule has 0 saturated carbocycles.